The summed E-state index contributed by atoms with van der Waals surface area (Å²) in [5, 5.41) is 0. The molecule has 2 N–H and O–H groups in total. The molecule has 0 aromatic carbocycles. The van der Waals surface area contributed by atoms with E-state index in [1.807, 2.05) is 6.08 Å². The number of primary amides is 1. The van der Waals surface area contributed by atoms with Crippen LogP contribution < -0.4 is 5.73 Å². The van der Waals surface area contributed by atoms with Gasteiger partial charge in [-0.3, -0.25) is 4.79 Å². The summed E-state index contributed by atoms with van der Waals surface area (Å²) in [4.78, 5) is 11.1. The van der Waals surface area contributed by atoms with Crippen molar-refractivity contribution in [1.82, 2.24) is 0 Å². The number of halogens is 2. The number of alkyl halides is 1. The molecule has 0 saturated carbocycles. The molecule has 0 heterocycles. The monoisotopic (exact) mass is 281 g/mol. The predicted octanol–water partition coefficient (Wildman–Crippen LogP) is 1.92. The lowest BCUT2D eigenvalue weighted by Crippen LogP contribution is -2.32. The van der Waals surface area contributed by atoms with Crippen LogP contribution in [0, 0.1) is 5.92 Å². The number of allylic oxidation sites excluding steroid dienone is 1. The standard InChI is InChI=1S/C7H9Br2NO/c8-4-2-1-3-5(9)6(4)7(10)11/h2,5-6H,1,3H2,(H2,10,11). The Morgan fingerprint density at radius 1 is 1.73 bits per heavy atom. The van der Waals surface area contributed by atoms with Crippen molar-refractivity contribution in [2.75, 3.05) is 0 Å². The van der Waals surface area contributed by atoms with Crippen LogP contribution in [0.1, 0.15) is 12.8 Å². The number of hydrogen-bond donors (Lipinski definition) is 1. The summed E-state index contributed by atoms with van der Waals surface area (Å²) in [5.41, 5.74) is 5.21. The van der Waals surface area contributed by atoms with Crippen molar-refractivity contribution in [3.8, 4) is 0 Å². The van der Waals surface area contributed by atoms with E-state index in [0.717, 1.165) is 17.3 Å². The fourth-order valence-electron chi connectivity index (χ4n) is 1.16. The second-order valence-corrected chi connectivity index (χ2v) is 4.65. The molecule has 0 aromatic heterocycles. The molecule has 2 nitrogen and oxygen atoms in total. The lowest BCUT2D eigenvalue weighted by atomic mass is 9.95. The third-order valence-electron chi connectivity index (χ3n) is 1.75. The summed E-state index contributed by atoms with van der Waals surface area (Å²) >= 11 is 6.75. The Bertz CT molecular complexity index is 203. The zero-order valence-corrected chi connectivity index (χ0v) is 9.06. The summed E-state index contributed by atoms with van der Waals surface area (Å²) in [7, 11) is 0. The van der Waals surface area contributed by atoms with E-state index in [-0.39, 0.29) is 16.7 Å². The molecular formula is C7H9Br2NO. The van der Waals surface area contributed by atoms with Gasteiger partial charge in [0.1, 0.15) is 0 Å². The van der Waals surface area contributed by atoms with Gasteiger partial charge >= 0.3 is 0 Å². The highest BCUT2D eigenvalue weighted by atomic mass is 79.9. The van der Waals surface area contributed by atoms with Gasteiger partial charge in [0.2, 0.25) is 5.91 Å². The molecular weight excluding hydrogens is 274 g/mol. The van der Waals surface area contributed by atoms with E-state index in [1.165, 1.54) is 0 Å². The number of carbonyl (C=O) groups excluding carboxylic acids is 1. The van der Waals surface area contributed by atoms with E-state index in [4.69, 9.17) is 5.73 Å². The fourth-order valence-corrected chi connectivity index (χ4v) is 3.10. The maximum atomic E-state index is 10.9. The van der Waals surface area contributed by atoms with Crippen LogP contribution >= 0.6 is 31.9 Å². The van der Waals surface area contributed by atoms with E-state index in [0.29, 0.717) is 0 Å². The Morgan fingerprint density at radius 2 is 2.36 bits per heavy atom. The summed E-state index contributed by atoms with van der Waals surface area (Å²) in [6.07, 6.45) is 3.98. The molecule has 0 aromatic rings. The average Bonchev–Trinajstić information content (AvgIpc) is 1.85. The van der Waals surface area contributed by atoms with Gasteiger partial charge in [0, 0.05) is 9.31 Å². The molecule has 62 valence electrons. The zero-order valence-electron chi connectivity index (χ0n) is 5.89. The van der Waals surface area contributed by atoms with Gasteiger partial charge in [-0.15, -0.1) is 0 Å². The van der Waals surface area contributed by atoms with Crippen LogP contribution in [0.3, 0.4) is 0 Å². The van der Waals surface area contributed by atoms with Crippen molar-refractivity contribution in [3.05, 3.63) is 10.6 Å². The third-order valence-corrected chi connectivity index (χ3v) is 3.55. The predicted molar refractivity (Wildman–Crippen MR) is 51.6 cm³/mol. The van der Waals surface area contributed by atoms with Crippen LogP contribution in [0.5, 0.6) is 0 Å². The van der Waals surface area contributed by atoms with Crippen molar-refractivity contribution in [2.45, 2.75) is 17.7 Å². The summed E-state index contributed by atoms with van der Waals surface area (Å²) in [6, 6.07) is 0. The van der Waals surface area contributed by atoms with Crippen molar-refractivity contribution in [2.24, 2.45) is 11.7 Å². The molecule has 0 aliphatic heterocycles. The smallest absolute Gasteiger partial charge is 0.226 e. The Kier molecular flexibility index (Phi) is 3.13. The summed E-state index contributed by atoms with van der Waals surface area (Å²) in [6.45, 7) is 0. The summed E-state index contributed by atoms with van der Waals surface area (Å²) < 4.78 is 0.915. The number of rotatable bonds is 1. The van der Waals surface area contributed by atoms with Crippen molar-refractivity contribution >= 4 is 37.8 Å². The number of hydrogen-bond acceptors (Lipinski definition) is 1. The first kappa shape index (κ1) is 9.26. The van der Waals surface area contributed by atoms with Crippen LogP contribution in [-0.2, 0) is 4.79 Å². The normalized spacial score (nSPS) is 31.3. The van der Waals surface area contributed by atoms with Crippen LogP contribution in [0.25, 0.3) is 0 Å². The third kappa shape index (κ3) is 2.06. The Balaban J connectivity index is 2.80. The lowest BCUT2D eigenvalue weighted by Gasteiger charge is -2.22. The Hall–Kier alpha value is 0.170. The maximum absolute atomic E-state index is 10.9. The molecule has 11 heavy (non-hydrogen) atoms. The Labute approximate surface area is 82.5 Å². The molecule has 1 aliphatic carbocycles. The van der Waals surface area contributed by atoms with E-state index in [2.05, 4.69) is 31.9 Å². The first-order chi connectivity index (χ1) is 5.13. The second-order valence-electron chi connectivity index (χ2n) is 2.56. The fraction of sp³-hybridized carbons (Fsp3) is 0.571. The van der Waals surface area contributed by atoms with E-state index in [1.54, 1.807) is 0 Å². The van der Waals surface area contributed by atoms with E-state index in [9.17, 15) is 4.79 Å². The molecule has 0 spiro atoms. The van der Waals surface area contributed by atoms with Crippen molar-refractivity contribution in [1.29, 1.82) is 0 Å². The minimum absolute atomic E-state index is 0.177. The Morgan fingerprint density at radius 3 is 2.73 bits per heavy atom. The highest BCUT2D eigenvalue weighted by molar-refractivity contribution is 9.12. The number of nitrogens with two attached hydrogens (primary N) is 1. The van der Waals surface area contributed by atoms with Gasteiger partial charge in [0.05, 0.1) is 5.92 Å². The molecule has 0 radical (unpaired) electrons. The van der Waals surface area contributed by atoms with Gasteiger partial charge in [-0.05, 0) is 12.8 Å². The molecule has 0 bridgehead atoms. The topological polar surface area (TPSA) is 43.1 Å². The molecule has 0 saturated heterocycles. The lowest BCUT2D eigenvalue weighted by molar-refractivity contribution is -0.120. The molecule has 1 aliphatic rings. The molecule has 4 heteroatoms. The van der Waals surface area contributed by atoms with E-state index < -0.39 is 0 Å². The SMILES string of the molecule is NC(=O)C1C(Br)=CCCC1Br. The highest BCUT2D eigenvalue weighted by Crippen LogP contribution is 2.33. The summed E-state index contributed by atoms with van der Waals surface area (Å²) in [5.74, 6) is -0.446. The molecule has 2 unspecified atom stereocenters. The van der Waals surface area contributed by atoms with Gasteiger partial charge in [-0.1, -0.05) is 37.9 Å². The average molecular weight is 283 g/mol. The van der Waals surface area contributed by atoms with Gasteiger partial charge in [0.15, 0.2) is 0 Å². The van der Waals surface area contributed by atoms with Crippen LogP contribution in [-0.4, -0.2) is 10.7 Å². The largest absolute Gasteiger partial charge is 0.369 e. The molecule has 1 rings (SSSR count). The van der Waals surface area contributed by atoms with Crippen LogP contribution in [0.2, 0.25) is 0 Å². The van der Waals surface area contributed by atoms with Gasteiger partial charge in [-0.25, -0.2) is 0 Å². The number of carbonyl (C=O) groups is 1. The maximum Gasteiger partial charge on any atom is 0.226 e. The quantitative estimate of drug-likeness (QED) is 0.734. The molecule has 2 atom stereocenters. The van der Waals surface area contributed by atoms with Gasteiger partial charge < -0.3 is 5.73 Å². The molecule has 1 amide bonds. The zero-order chi connectivity index (χ0) is 8.43. The first-order valence-electron chi connectivity index (χ1n) is 3.42. The van der Waals surface area contributed by atoms with E-state index >= 15 is 0 Å². The molecule has 0 fully saturated rings. The minimum Gasteiger partial charge on any atom is -0.369 e. The van der Waals surface area contributed by atoms with Crippen LogP contribution in [0.4, 0.5) is 0 Å². The van der Waals surface area contributed by atoms with Gasteiger partial charge in [0.25, 0.3) is 0 Å². The second kappa shape index (κ2) is 3.72. The number of amides is 1. The van der Waals surface area contributed by atoms with Gasteiger partial charge in [-0.2, -0.15) is 0 Å². The first-order valence-corrected chi connectivity index (χ1v) is 5.12. The van der Waals surface area contributed by atoms with Crippen LogP contribution in [0.15, 0.2) is 10.6 Å². The van der Waals surface area contributed by atoms with Crippen molar-refractivity contribution in [3.63, 3.8) is 0 Å². The minimum atomic E-state index is -0.269. The van der Waals surface area contributed by atoms with Crippen molar-refractivity contribution < 1.29 is 4.79 Å². The highest BCUT2D eigenvalue weighted by Gasteiger charge is 2.28.